The number of fused-ring (bicyclic) bond motifs is 1. The number of rotatable bonds is 6. The number of esters is 1. The predicted molar refractivity (Wildman–Crippen MR) is 97.9 cm³/mol. The van der Waals surface area contributed by atoms with E-state index in [4.69, 9.17) is 4.98 Å². The number of piperazine rings is 1. The van der Waals surface area contributed by atoms with Crippen LogP contribution in [0.1, 0.15) is 6.42 Å². The second-order valence-electron chi connectivity index (χ2n) is 5.90. The molecule has 0 radical (unpaired) electrons. The zero-order chi connectivity index (χ0) is 17.6. The third kappa shape index (κ3) is 4.67. The van der Waals surface area contributed by atoms with Gasteiger partial charge in [0.05, 0.1) is 30.3 Å². The molecule has 1 saturated heterocycles. The van der Waals surface area contributed by atoms with Crippen LogP contribution in [0.25, 0.3) is 10.2 Å². The van der Waals surface area contributed by atoms with Gasteiger partial charge in [-0.3, -0.25) is 14.5 Å². The molecule has 8 heteroatoms. The molecule has 3 rings (SSSR count). The minimum atomic E-state index is -0.315. The summed E-state index contributed by atoms with van der Waals surface area (Å²) in [5.74, 6) is -0.373. The molecule has 0 unspecified atom stereocenters. The van der Waals surface area contributed by atoms with Gasteiger partial charge >= 0.3 is 5.97 Å². The van der Waals surface area contributed by atoms with Crippen molar-refractivity contribution in [1.29, 1.82) is 0 Å². The molecule has 1 amide bonds. The SMILES string of the molecule is COC(=O)CCNC(=O)CN1CCN(c2nc3ccccc3s2)CC1. The highest BCUT2D eigenvalue weighted by Crippen LogP contribution is 2.28. The Morgan fingerprint density at radius 1 is 1.24 bits per heavy atom. The molecule has 25 heavy (non-hydrogen) atoms. The largest absolute Gasteiger partial charge is 0.469 e. The number of ether oxygens (including phenoxy) is 1. The van der Waals surface area contributed by atoms with E-state index in [0.717, 1.165) is 36.8 Å². The summed E-state index contributed by atoms with van der Waals surface area (Å²) >= 11 is 1.71. The number of methoxy groups -OCH3 is 1. The number of carbonyl (C=O) groups is 2. The van der Waals surface area contributed by atoms with Gasteiger partial charge in [0, 0.05) is 32.7 Å². The van der Waals surface area contributed by atoms with E-state index >= 15 is 0 Å². The maximum atomic E-state index is 11.9. The number of hydrogen-bond acceptors (Lipinski definition) is 7. The molecular weight excluding hydrogens is 340 g/mol. The molecule has 2 heterocycles. The van der Waals surface area contributed by atoms with E-state index in [-0.39, 0.29) is 18.3 Å². The maximum Gasteiger partial charge on any atom is 0.307 e. The van der Waals surface area contributed by atoms with Gasteiger partial charge in [-0.2, -0.15) is 0 Å². The lowest BCUT2D eigenvalue weighted by molar-refractivity contribution is -0.140. The van der Waals surface area contributed by atoms with Crippen molar-refractivity contribution in [3.8, 4) is 0 Å². The van der Waals surface area contributed by atoms with Gasteiger partial charge in [0.25, 0.3) is 0 Å². The lowest BCUT2D eigenvalue weighted by Gasteiger charge is -2.34. The molecular formula is C17H22N4O3S. The average molecular weight is 362 g/mol. The van der Waals surface area contributed by atoms with Crippen molar-refractivity contribution in [2.24, 2.45) is 0 Å². The summed E-state index contributed by atoms with van der Waals surface area (Å²) in [6.45, 7) is 4.03. The van der Waals surface area contributed by atoms with Crippen LogP contribution in [0.15, 0.2) is 24.3 Å². The normalized spacial score (nSPS) is 15.3. The Morgan fingerprint density at radius 3 is 2.72 bits per heavy atom. The fraction of sp³-hybridized carbons (Fsp3) is 0.471. The molecule has 0 spiro atoms. The lowest BCUT2D eigenvalue weighted by Crippen LogP contribution is -2.49. The van der Waals surface area contributed by atoms with E-state index in [1.807, 2.05) is 18.2 Å². The van der Waals surface area contributed by atoms with Gasteiger partial charge in [-0.25, -0.2) is 4.98 Å². The zero-order valence-corrected chi connectivity index (χ0v) is 15.1. The van der Waals surface area contributed by atoms with Gasteiger partial charge in [-0.05, 0) is 12.1 Å². The Balaban J connectivity index is 1.44. The number of aromatic nitrogens is 1. The number of nitrogens with zero attached hydrogens (tertiary/aromatic N) is 3. The smallest absolute Gasteiger partial charge is 0.307 e. The van der Waals surface area contributed by atoms with Crippen LogP contribution < -0.4 is 10.2 Å². The first-order chi connectivity index (χ1) is 12.2. The van der Waals surface area contributed by atoms with Crippen molar-refractivity contribution in [2.45, 2.75) is 6.42 Å². The molecule has 1 aromatic heterocycles. The van der Waals surface area contributed by atoms with Crippen molar-refractivity contribution < 1.29 is 14.3 Å². The second kappa shape index (κ2) is 8.26. The number of anilines is 1. The number of hydrogen-bond donors (Lipinski definition) is 1. The third-order valence-corrected chi connectivity index (χ3v) is 5.27. The molecule has 1 aromatic carbocycles. The molecule has 1 fully saturated rings. The molecule has 2 aromatic rings. The fourth-order valence-electron chi connectivity index (χ4n) is 2.76. The predicted octanol–water partition coefficient (Wildman–Crippen LogP) is 1.10. The molecule has 0 aliphatic carbocycles. The maximum absolute atomic E-state index is 11.9. The summed E-state index contributed by atoms with van der Waals surface area (Å²) in [7, 11) is 1.34. The molecule has 0 saturated carbocycles. The van der Waals surface area contributed by atoms with E-state index in [0.29, 0.717) is 13.1 Å². The standard InChI is InChI=1S/C17H22N4O3S/c1-24-16(23)6-7-18-15(22)12-20-8-10-21(11-9-20)17-19-13-4-2-3-5-14(13)25-17/h2-5H,6-12H2,1H3,(H,18,22). The van der Waals surface area contributed by atoms with Crippen LogP contribution in [0.2, 0.25) is 0 Å². The van der Waals surface area contributed by atoms with Crippen LogP contribution in [0.3, 0.4) is 0 Å². The van der Waals surface area contributed by atoms with Crippen molar-refractivity contribution in [2.75, 3.05) is 51.3 Å². The van der Waals surface area contributed by atoms with Crippen LogP contribution >= 0.6 is 11.3 Å². The quantitative estimate of drug-likeness (QED) is 0.776. The van der Waals surface area contributed by atoms with E-state index in [9.17, 15) is 9.59 Å². The Kier molecular flexibility index (Phi) is 5.83. The summed E-state index contributed by atoms with van der Waals surface area (Å²) in [5.41, 5.74) is 1.04. The van der Waals surface area contributed by atoms with Crippen LogP contribution in [0, 0.1) is 0 Å². The third-order valence-electron chi connectivity index (χ3n) is 4.17. The average Bonchev–Trinajstić information content (AvgIpc) is 3.06. The number of para-hydroxylation sites is 1. The number of benzene rings is 1. The van der Waals surface area contributed by atoms with Crippen LogP contribution in [0.4, 0.5) is 5.13 Å². The van der Waals surface area contributed by atoms with Gasteiger partial charge in [-0.1, -0.05) is 23.5 Å². The highest BCUT2D eigenvalue weighted by molar-refractivity contribution is 7.22. The fourth-order valence-corrected chi connectivity index (χ4v) is 3.77. The van der Waals surface area contributed by atoms with Gasteiger partial charge in [0.15, 0.2) is 5.13 Å². The first kappa shape index (κ1) is 17.6. The molecule has 0 bridgehead atoms. The summed E-state index contributed by atoms with van der Waals surface area (Å²) in [4.78, 5) is 32.0. The van der Waals surface area contributed by atoms with E-state index in [1.54, 1.807) is 11.3 Å². The van der Waals surface area contributed by atoms with E-state index in [1.165, 1.54) is 11.8 Å². The van der Waals surface area contributed by atoms with Crippen molar-refractivity contribution in [1.82, 2.24) is 15.2 Å². The molecule has 7 nitrogen and oxygen atoms in total. The highest BCUT2D eigenvalue weighted by Gasteiger charge is 2.21. The topological polar surface area (TPSA) is 74.8 Å². The summed E-state index contributed by atoms with van der Waals surface area (Å²) in [6, 6.07) is 8.15. The summed E-state index contributed by atoms with van der Waals surface area (Å²) in [5, 5.41) is 3.80. The Labute approximate surface area is 150 Å². The first-order valence-corrected chi connectivity index (χ1v) is 9.14. The minimum absolute atomic E-state index is 0.0580. The molecule has 1 aliphatic rings. The minimum Gasteiger partial charge on any atom is -0.469 e. The Bertz CT molecular complexity index is 707. The molecule has 1 N–H and O–H groups in total. The van der Waals surface area contributed by atoms with Gasteiger partial charge in [-0.15, -0.1) is 0 Å². The number of carbonyl (C=O) groups excluding carboxylic acids is 2. The molecule has 1 aliphatic heterocycles. The monoisotopic (exact) mass is 362 g/mol. The van der Waals surface area contributed by atoms with E-state index < -0.39 is 0 Å². The van der Waals surface area contributed by atoms with Crippen molar-refractivity contribution in [3.63, 3.8) is 0 Å². The van der Waals surface area contributed by atoms with E-state index in [2.05, 4.69) is 25.9 Å². The van der Waals surface area contributed by atoms with Crippen molar-refractivity contribution >= 4 is 38.6 Å². The first-order valence-electron chi connectivity index (χ1n) is 8.32. The summed E-state index contributed by atoms with van der Waals surface area (Å²) < 4.78 is 5.75. The van der Waals surface area contributed by atoms with Crippen molar-refractivity contribution in [3.05, 3.63) is 24.3 Å². The van der Waals surface area contributed by atoms with Gasteiger partial charge in [0.2, 0.25) is 5.91 Å². The number of amides is 1. The summed E-state index contributed by atoms with van der Waals surface area (Å²) in [6.07, 6.45) is 0.202. The molecule has 0 atom stereocenters. The Morgan fingerprint density at radius 2 is 2.00 bits per heavy atom. The van der Waals surface area contributed by atoms with Gasteiger partial charge < -0.3 is 15.0 Å². The second-order valence-corrected chi connectivity index (χ2v) is 6.91. The van der Waals surface area contributed by atoms with Crippen LogP contribution in [0.5, 0.6) is 0 Å². The molecule has 134 valence electrons. The van der Waals surface area contributed by atoms with Crippen LogP contribution in [-0.4, -0.2) is 68.1 Å². The van der Waals surface area contributed by atoms with Crippen LogP contribution in [-0.2, 0) is 14.3 Å². The zero-order valence-electron chi connectivity index (χ0n) is 14.2. The Hall–Kier alpha value is -2.19. The highest BCUT2D eigenvalue weighted by atomic mass is 32.1. The number of thiazole rings is 1. The lowest BCUT2D eigenvalue weighted by atomic mass is 10.3. The van der Waals surface area contributed by atoms with Gasteiger partial charge in [0.1, 0.15) is 0 Å². The number of nitrogens with one attached hydrogen (secondary N) is 1.